The van der Waals surface area contributed by atoms with Crippen LogP contribution in [0, 0.1) is 3.57 Å². The molecule has 70 valence electrons. The minimum atomic E-state index is -0.0686. The minimum absolute atomic E-state index is 0.0686. The third-order valence-corrected chi connectivity index (χ3v) is 2.67. The van der Waals surface area contributed by atoms with Gasteiger partial charge in [0.05, 0.1) is 0 Å². The van der Waals surface area contributed by atoms with Crippen molar-refractivity contribution >= 4 is 28.5 Å². The molecule has 0 bridgehead atoms. The van der Waals surface area contributed by atoms with Crippen molar-refractivity contribution in [1.82, 2.24) is 10.3 Å². The van der Waals surface area contributed by atoms with Gasteiger partial charge in [0, 0.05) is 21.9 Å². The average Bonchev–Trinajstić information content (AvgIpc) is 2.62. The number of aromatic nitrogens is 1. The minimum Gasteiger partial charge on any atom is -0.356 e. The number of aromatic amines is 1. The fraction of sp³-hybridized carbons (Fsp3) is 0.375. The van der Waals surface area contributed by atoms with E-state index in [-0.39, 0.29) is 18.0 Å². The lowest BCUT2D eigenvalue weighted by atomic mass is 10.4. The van der Waals surface area contributed by atoms with Gasteiger partial charge in [-0.3, -0.25) is 4.79 Å². The molecule has 1 heterocycles. The van der Waals surface area contributed by atoms with E-state index >= 15 is 0 Å². The smallest absolute Gasteiger partial charge is 0.268 e. The Hall–Kier alpha value is -0.560. The van der Waals surface area contributed by atoms with E-state index in [1.807, 2.05) is 6.07 Å². The first kappa shape index (κ1) is 9.01. The molecule has 5 heteroatoms. The van der Waals surface area contributed by atoms with Crippen LogP contribution in [0.5, 0.6) is 0 Å². The molecule has 2 rings (SSSR count). The maximum atomic E-state index is 11.5. The summed E-state index contributed by atoms with van der Waals surface area (Å²) in [5.41, 5.74) is 6.17. The highest BCUT2D eigenvalue weighted by atomic mass is 127. The van der Waals surface area contributed by atoms with E-state index in [0.717, 1.165) is 9.99 Å². The maximum absolute atomic E-state index is 11.5. The Balaban J connectivity index is 1.97. The molecule has 0 aliphatic heterocycles. The number of carbonyl (C=O) groups excluding carboxylic acids is 1. The first-order chi connectivity index (χ1) is 6.16. The summed E-state index contributed by atoms with van der Waals surface area (Å²) in [5, 5.41) is 2.83. The number of nitrogens with two attached hydrogens (primary N) is 1. The van der Waals surface area contributed by atoms with Crippen LogP contribution in [0.3, 0.4) is 0 Å². The standard InChI is InChI=1S/C8H10IN3O/c9-4-1-7(11-3-4)8(13)12-6-2-5(6)10/h1,3,5-6,11H,2,10H2,(H,12,13). The second-order valence-electron chi connectivity index (χ2n) is 3.21. The van der Waals surface area contributed by atoms with Crippen LogP contribution in [-0.4, -0.2) is 23.0 Å². The summed E-state index contributed by atoms with van der Waals surface area (Å²) in [6.45, 7) is 0. The van der Waals surface area contributed by atoms with Crippen LogP contribution >= 0.6 is 22.6 Å². The Morgan fingerprint density at radius 3 is 2.92 bits per heavy atom. The van der Waals surface area contributed by atoms with Gasteiger partial charge < -0.3 is 16.0 Å². The van der Waals surface area contributed by atoms with Crippen molar-refractivity contribution in [3.8, 4) is 0 Å². The van der Waals surface area contributed by atoms with E-state index in [1.165, 1.54) is 0 Å². The summed E-state index contributed by atoms with van der Waals surface area (Å²) in [6.07, 6.45) is 2.69. The molecule has 0 aromatic carbocycles. The fourth-order valence-electron chi connectivity index (χ4n) is 1.13. The van der Waals surface area contributed by atoms with E-state index in [9.17, 15) is 4.79 Å². The summed E-state index contributed by atoms with van der Waals surface area (Å²) in [4.78, 5) is 14.3. The van der Waals surface area contributed by atoms with Gasteiger partial charge in [-0.05, 0) is 35.1 Å². The molecule has 1 fully saturated rings. The van der Waals surface area contributed by atoms with Crippen molar-refractivity contribution in [3.63, 3.8) is 0 Å². The number of hydrogen-bond acceptors (Lipinski definition) is 2. The number of nitrogens with one attached hydrogen (secondary N) is 2. The topological polar surface area (TPSA) is 70.9 Å². The largest absolute Gasteiger partial charge is 0.356 e. The average molecular weight is 291 g/mol. The first-order valence-corrected chi connectivity index (χ1v) is 5.15. The van der Waals surface area contributed by atoms with E-state index in [2.05, 4.69) is 32.9 Å². The number of H-pyrrole nitrogens is 1. The second kappa shape index (κ2) is 3.30. The summed E-state index contributed by atoms with van der Waals surface area (Å²) in [6, 6.07) is 2.13. The molecule has 4 N–H and O–H groups in total. The van der Waals surface area contributed by atoms with E-state index in [0.29, 0.717) is 5.69 Å². The molecule has 0 spiro atoms. The van der Waals surface area contributed by atoms with Crippen molar-refractivity contribution in [1.29, 1.82) is 0 Å². The zero-order chi connectivity index (χ0) is 9.42. The first-order valence-electron chi connectivity index (χ1n) is 4.07. The van der Waals surface area contributed by atoms with Gasteiger partial charge in [0.25, 0.3) is 5.91 Å². The maximum Gasteiger partial charge on any atom is 0.268 e. The fourth-order valence-corrected chi connectivity index (χ4v) is 1.59. The molecule has 1 aromatic rings. The van der Waals surface area contributed by atoms with E-state index < -0.39 is 0 Å². The van der Waals surface area contributed by atoms with Crippen molar-refractivity contribution in [3.05, 3.63) is 21.5 Å². The summed E-state index contributed by atoms with van der Waals surface area (Å²) < 4.78 is 1.03. The van der Waals surface area contributed by atoms with Crippen LogP contribution in [-0.2, 0) is 0 Å². The normalized spacial score (nSPS) is 25.7. The van der Waals surface area contributed by atoms with Gasteiger partial charge in [0.2, 0.25) is 0 Å². The molecule has 0 saturated heterocycles. The lowest BCUT2D eigenvalue weighted by Gasteiger charge is -1.99. The molecule has 2 unspecified atom stereocenters. The Morgan fingerprint density at radius 1 is 1.77 bits per heavy atom. The van der Waals surface area contributed by atoms with Crippen molar-refractivity contribution in [2.45, 2.75) is 18.5 Å². The highest BCUT2D eigenvalue weighted by Gasteiger charge is 2.35. The molecule has 4 nitrogen and oxygen atoms in total. The molecule has 13 heavy (non-hydrogen) atoms. The quantitative estimate of drug-likeness (QED) is 0.692. The molecule has 1 saturated carbocycles. The van der Waals surface area contributed by atoms with Crippen molar-refractivity contribution < 1.29 is 4.79 Å². The highest BCUT2D eigenvalue weighted by Crippen LogP contribution is 2.18. The Kier molecular flexibility index (Phi) is 2.29. The van der Waals surface area contributed by atoms with Gasteiger partial charge in [-0.25, -0.2) is 0 Å². The van der Waals surface area contributed by atoms with E-state index in [1.54, 1.807) is 6.20 Å². The lowest BCUT2D eigenvalue weighted by Crippen LogP contribution is -2.29. The molecule has 1 aliphatic rings. The van der Waals surface area contributed by atoms with Crippen LogP contribution in [0.2, 0.25) is 0 Å². The number of amides is 1. The predicted molar refractivity (Wildman–Crippen MR) is 57.4 cm³/mol. The molecular formula is C8H10IN3O. The molecule has 2 atom stereocenters. The number of halogens is 1. The van der Waals surface area contributed by atoms with Crippen LogP contribution in [0.25, 0.3) is 0 Å². The van der Waals surface area contributed by atoms with Crippen molar-refractivity contribution in [2.75, 3.05) is 0 Å². The Bertz CT molecular complexity index is 336. The monoisotopic (exact) mass is 291 g/mol. The third kappa shape index (κ3) is 2.02. The predicted octanol–water partition coefficient (Wildman–Crippen LogP) is 0.449. The second-order valence-corrected chi connectivity index (χ2v) is 4.46. The number of carbonyl (C=O) groups is 1. The van der Waals surface area contributed by atoms with Gasteiger partial charge in [0.1, 0.15) is 5.69 Å². The summed E-state index contributed by atoms with van der Waals surface area (Å²) >= 11 is 2.15. The summed E-state index contributed by atoms with van der Waals surface area (Å²) in [7, 11) is 0. The van der Waals surface area contributed by atoms with Gasteiger partial charge in [-0.2, -0.15) is 0 Å². The number of hydrogen-bond donors (Lipinski definition) is 3. The molecule has 0 radical (unpaired) electrons. The van der Waals surface area contributed by atoms with Crippen LogP contribution in [0.4, 0.5) is 0 Å². The third-order valence-electron chi connectivity index (χ3n) is 2.05. The Morgan fingerprint density at radius 2 is 2.46 bits per heavy atom. The lowest BCUT2D eigenvalue weighted by molar-refractivity contribution is 0.0946. The number of rotatable bonds is 2. The molecule has 1 amide bonds. The van der Waals surface area contributed by atoms with Crippen molar-refractivity contribution in [2.24, 2.45) is 5.73 Å². The van der Waals surface area contributed by atoms with Gasteiger partial charge in [-0.1, -0.05) is 0 Å². The molecule has 1 aliphatic carbocycles. The van der Waals surface area contributed by atoms with Gasteiger partial charge in [0.15, 0.2) is 0 Å². The Labute approximate surface area is 89.4 Å². The SMILES string of the molecule is NC1CC1NC(=O)c1cc(I)c[nH]1. The summed E-state index contributed by atoms with van der Waals surface area (Å²) in [5.74, 6) is -0.0686. The van der Waals surface area contributed by atoms with Crippen LogP contribution in [0.15, 0.2) is 12.3 Å². The van der Waals surface area contributed by atoms with Crippen LogP contribution in [0.1, 0.15) is 16.9 Å². The molecular weight excluding hydrogens is 281 g/mol. The van der Waals surface area contributed by atoms with Gasteiger partial charge >= 0.3 is 0 Å². The highest BCUT2D eigenvalue weighted by molar-refractivity contribution is 14.1. The zero-order valence-corrected chi connectivity index (χ0v) is 9.04. The molecule has 1 aromatic heterocycles. The van der Waals surface area contributed by atoms with Crippen LogP contribution < -0.4 is 11.1 Å². The zero-order valence-electron chi connectivity index (χ0n) is 6.88. The van der Waals surface area contributed by atoms with Gasteiger partial charge in [-0.15, -0.1) is 0 Å². The van der Waals surface area contributed by atoms with E-state index in [4.69, 9.17) is 5.73 Å².